The van der Waals surface area contributed by atoms with Crippen molar-refractivity contribution in [1.82, 2.24) is 25.2 Å². The maximum Gasteiger partial charge on any atom is 0.273 e. The van der Waals surface area contributed by atoms with E-state index in [0.717, 1.165) is 13.0 Å². The topological polar surface area (TPSA) is 97.0 Å². The summed E-state index contributed by atoms with van der Waals surface area (Å²) in [7, 11) is 2.10. The molecule has 0 bridgehead atoms. The van der Waals surface area contributed by atoms with Gasteiger partial charge in [0.2, 0.25) is 0 Å². The van der Waals surface area contributed by atoms with Crippen molar-refractivity contribution in [2.75, 3.05) is 25.9 Å². The molecule has 2 atom stereocenters. The third-order valence-electron chi connectivity index (χ3n) is 4.27. The number of nitrogen functional groups attached to an aromatic ring is 1. The Kier molecular flexibility index (Phi) is 4.47. The number of aromatic nitrogens is 3. The van der Waals surface area contributed by atoms with Crippen LogP contribution in [-0.2, 0) is 0 Å². The van der Waals surface area contributed by atoms with Gasteiger partial charge in [-0.3, -0.25) is 14.7 Å². The molecule has 0 spiro atoms. The maximum absolute atomic E-state index is 12.2. The van der Waals surface area contributed by atoms with E-state index in [1.165, 1.54) is 18.0 Å². The summed E-state index contributed by atoms with van der Waals surface area (Å²) in [5, 5.41) is 2.93. The lowest BCUT2D eigenvalue weighted by Gasteiger charge is -2.25. The molecule has 1 aliphatic heterocycles. The van der Waals surface area contributed by atoms with Crippen LogP contribution in [0.15, 0.2) is 36.9 Å². The lowest BCUT2D eigenvalue weighted by atomic mass is 9.95. The predicted octanol–water partition coefficient (Wildman–Crippen LogP) is 0.877. The molecule has 0 unspecified atom stereocenters. The second-order valence-electron chi connectivity index (χ2n) is 5.76. The van der Waals surface area contributed by atoms with Gasteiger partial charge in [-0.2, -0.15) is 0 Å². The molecule has 120 valence electrons. The number of pyridine rings is 1. The molecule has 0 aliphatic carbocycles. The van der Waals surface area contributed by atoms with Crippen LogP contribution in [0.1, 0.15) is 28.5 Å². The van der Waals surface area contributed by atoms with Crippen molar-refractivity contribution in [1.29, 1.82) is 0 Å². The molecule has 2 aromatic heterocycles. The first-order valence-electron chi connectivity index (χ1n) is 7.61. The van der Waals surface area contributed by atoms with Gasteiger partial charge < -0.3 is 11.1 Å². The molecular weight excluding hydrogens is 292 g/mol. The molecule has 23 heavy (non-hydrogen) atoms. The van der Waals surface area contributed by atoms with E-state index < -0.39 is 0 Å². The smallest absolute Gasteiger partial charge is 0.273 e. The number of anilines is 1. The first-order valence-corrected chi connectivity index (χ1v) is 7.61. The van der Waals surface area contributed by atoms with Crippen LogP contribution < -0.4 is 11.1 Å². The molecule has 1 fully saturated rings. The summed E-state index contributed by atoms with van der Waals surface area (Å²) in [5.41, 5.74) is 7.04. The highest BCUT2D eigenvalue weighted by Crippen LogP contribution is 2.35. The molecule has 3 heterocycles. The Hall–Kier alpha value is -2.54. The number of carbonyl (C=O) groups excluding carboxylic acids is 1. The second kappa shape index (κ2) is 6.70. The van der Waals surface area contributed by atoms with Crippen LogP contribution in [0, 0.1) is 5.92 Å². The van der Waals surface area contributed by atoms with Gasteiger partial charge in [-0.05, 0) is 37.6 Å². The molecule has 0 aromatic carbocycles. The summed E-state index contributed by atoms with van der Waals surface area (Å²) in [6.07, 6.45) is 7.61. The van der Waals surface area contributed by atoms with Crippen molar-refractivity contribution in [3.63, 3.8) is 0 Å². The highest BCUT2D eigenvalue weighted by molar-refractivity contribution is 5.96. The van der Waals surface area contributed by atoms with Crippen LogP contribution in [0.3, 0.4) is 0 Å². The number of carbonyl (C=O) groups is 1. The van der Waals surface area contributed by atoms with E-state index >= 15 is 0 Å². The van der Waals surface area contributed by atoms with E-state index in [1.807, 2.05) is 12.3 Å². The Morgan fingerprint density at radius 2 is 2.22 bits per heavy atom. The third kappa shape index (κ3) is 3.29. The number of nitrogens with zero attached hydrogens (tertiary/aromatic N) is 4. The molecule has 1 amide bonds. The highest BCUT2D eigenvalue weighted by atomic mass is 16.1. The van der Waals surface area contributed by atoms with Crippen molar-refractivity contribution in [2.45, 2.75) is 12.5 Å². The van der Waals surface area contributed by atoms with Gasteiger partial charge in [-0.1, -0.05) is 6.07 Å². The Balaban J connectivity index is 1.68. The fourth-order valence-corrected chi connectivity index (χ4v) is 3.15. The standard InChI is InChI=1S/C16H20N6O/c1-22-8-4-12(14(22)11-3-2-5-18-9-11)10-21-16(23)13-15(17)20-7-6-19-13/h2-3,5-7,9,12,14H,4,8,10H2,1H3,(H2,17,20)(H,21,23)/t12-,14-/m0/s1. The van der Waals surface area contributed by atoms with Crippen LogP contribution in [0.2, 0.25) is 0 Å². The van der Waals surface area contributed by atoms with E-state index in [1.54, 1.807) is 6.20 Å². The van der Waals surface area contributed by atoms with Crippen LogP contribution >= 0.6 is 0 Å². The Morgan fingerprint density at radius 1 is 1.39 bits per heavy atom. The van der Waals surface area contributed by atoms with Crippen LogP contribution in [0.25, 0.3) is 0 Å². The summed E-state index contributed by atoms with van der Waals surface area (Å²) in [4.78, 5) is 26.6. The normalized spacial score (nSPS) is 21.3. The molecular formula is C16H20N6O. The van der Waals surface area contributed by atoms with Crippen LogP contribution in [0.5, 0.6) is 0 Å². The Labute approximate surface area is 135 Å². The molecule has 7 nitrogen and oxygen atoms in total. The van der Waals surface area contributed by atoms with Gasteiger partial charge in [0, 0.05) is 37.4 Å². The number of nitrogens with one attached hydrogen (secondary N) is 1. The quantitative estimate of drug-likeness (QED) is 0.870. The van der Waals surface area contributed by atoms with E-state index in [2.05, 4.69) is 38.3 Å². The van der Waals surface area contributed by atoms with Gasteiger partial charge in [0.1, 0.15) is 0 Å². The minimum atomic E-state index is -0.282. The summed E-state index contributed by atoms with van der Waals surface area (Å²) in [5.74, 6) is 0.193. The molecule has 1 aliphatic rings. The average molecular weight is 312 g/mol. The van der Waals surface area contributed by atoms with Gasteiger partial charge in [0.15, 0.2) is 11.5 Å². The number of hydrogen-bond acceptors (Lipinski definition) is 6. The zero-order valence-electron chi connectivity index (χ0n) is 13.0. The summed E-state index contributed by atoms with van der Waals surface area (Å²) in [6, 6.07) is 4.27. The summed E-state index contributed by atoms with van der Waals surface area (Å²) in [6.45, 7) is 1.56. The van der Waals surface area contributed by atoms with Gasteiger partial charge in [-0.15, -0.1) is 0 Å². The number of rotatable bonds is 4. The fourth-order valence-electron chi connectivity index (χ4n) is 3.15. The maximum atomic E-state index is 12.2. The second-order valence-corrected chi connectivity index (χ2v) is 5.76. The van der Waals surface area contributed by atoms with Crippen molar-refractivity contribution >= 4 is 11.7 Å². The number of likely N-dealkylation sites (tertiary alicyclic amines) is 1. The van der Waals surface area contributed by atoms with E-state index in [9.17, 15) is 4.79 Å². The first-order chi connectivity index (χ1) is 11.2. The summed E-state index contributed by atoms with van der Waals surface area (Å²) < 4.78 is 0. The zero-order valence-corrected chi connectivity index (χ0v) is 13.0. The molecule has 1 saturated heterocycles. The monoisotopic (exact) mass is 312 g/mol. The largest absolute Gasteiger partial charge is 0.382 e. The van der Waals surface area contributed by atoms with Gasteiger partial charge in [0.25, 0.3) is 5.91 Å². The van der Waals surface area contributed by atoms with Gasteiger partial charge >= 0.3 is 0 Å². The van der Waals surface area contributed by atoms with Crippen molar-refractivity contribution < 1.29 is 4.79 Å². The van der Waals surface area contributed by atoms with Gasteiger partial charge in [-0.25, -0.2) is 9.97 Å². The van der Waals surface area contributed by atoms with E-state index in [0.29, 0.717) is 12.5 Å². The number of nitrogens with two attached hydrogens (primary N) is 1. The van der Waals surface area contributed by atoms with Crippen molar-refractivity contribution in [3.8, 4) is 0 Å². The SMILES string of the molecule is CN1CC[C@@H](CNC(=O)c2nccnc2N)[C@@H]1c1cccnc1. The first kappa shape index (κ1) is 15.4. The minimum absolute atomic E-state index is 0.150. The fraction of sp³-hybridized carbons (Fsp3) is 0.375. The van der Waals surface area contributed by atoms with Crippen molar-refractivity contribution in [2.24, 2.45) is 5.92 Å². The van der Waals surface area contributed by atoms with E-state index in [-0.39, 0.29) is 23.5 Å². The molecule has 3 rings (SSSR count). The Bertz CT molecular complexity index is 677. The predicted molar refractivity (Wildman–Crippen MR) is 86.5 cm³/mol. The molecule has 7 heteroatoms. The molecule has 2 aromatic rings. The lowest BCUT2D eigenvalue weighted by Crippen LogP contribution is -2.33. The van der Waals surface area contributed by atoms with Crippen LogP contribution in [0.4, 0.5) is 5.82 Å². The Morgan fingerprint density at radius 3 is 2.96 bits per heavy atom. The summed E-state index contributed by atoms with van der Waals surface area (Å²) >= 11 is 0. The average Bonchev–Trinajstić information content (AvgIpc) is 2.94. The van der Waals surface area contributed by atoms with Gasteiger partial charge in [0.05, 0.1) is 0 Å². The van der Waals surface area contributed by atoms with Crippen LogP contribution in [-0.4, -0.2) is 45.9 Å². The van der Waals surface area contributed by atoms with E-state index in [4.69, 9.17) is 5.73 Å². The number of amides is 1. The molecule has 0 saturated carbocycles. The minimum Gasteiger partial charge on any atom is -0.382 e. The molecule has 0 radical (unpaired) electrons. The third-order valence-corrected chi connectivity index (χ3v) is 4.27. The van der Waals surface area contributed by atoms with Crippen molar-refractivity contribution in [3.05, 3.63) is 48.2 Å². The zero-order chi connectivity index (χ0) is 16.2. The lowest BCUT2D eigenvalue weighted by molar-refractivity contribution is 0.0939. The number of hydrogen-bond donors (Lipinski definition) is 2. The molecule has 3 N–H and O–H groups in total. The highest BCUT2D eigenvalue weighted by Gasteiger charge is 2.33.